The van der Waals surface area contributed by atoms with Crippen LogP contribution >= 0.6 is 0 Å². The molecule has 1 aromatic carbocycles. The minimum Gasteiger partial charge on any atom is -0.462 e. The molecular formula is C36H62O4Si2. The quantitative estimate of drug-likeness (QED) is 0.106. The lowest BCUT2D eigenvalue weighted by atomic mass is 9.85. The van der Waals surface area contributed by atoms with E-state index in [9.17, 15) is 4.79 Å². The third-order valence-electron chi connectivity index (χ3n) is 10.2. The van der Waals surface area contributed by atoms with Gasteiger partial charge >= 0.3 is 5.97 Å². The normalized spacial score (nSPS) is 22.5. The van der Waals surface area contributed by atoms with Gasteiger partial charge in [0.1, 0.15) is 6.10 Å². The molecule has 0 heterocycles. The van der Waals surface area contributed by atoms with Gasteiger partial charge in [-0.2, -0.15) is 0 Å². The Hall–Kier alpha value is -1.48. The van der Waals surface area contributed by atoms with Crippen LogP contribution in [0.15, 0.2) is 55.6 Å². The van der Waals surface area contributed by atoms with Gasteiger partial charge in [0, 0.05) is 24.9 Å². The van der Waals surface area contributed by atoms with E-state index in [0.29, 0.717) is 12.8 Å². The maximum absolute atomic E-state index is 12.8. The fourth-order valence-corrected chi connectivity index (χ4v) is 8.33. The van der Waals surface area contributed by atoms with Crippen molar-refractivity contribution in [2.24, 2.45) is 11.8 Å². The van der Waals surface area contributed by atoms with E-state index in [1.54, 1.807) is 6.08 Å². The number of ether oxygens (including phenoxy) is 1. The van der Waals surface area contributed by atoms with Gasteiger partial charge in [0.2, 0.25) is 0 Å². The molecule has 238 valence electrons. The molecule has 6 heteroatoms. The van der Waals surface area contributed by atoms with Crippen LogP contribution < -0.4 is 0 Å². The summed E-state index contributed by atoms with van der Waals surface area (Å²) < 4.78 is 20.4. The predicted octanol–water partition coefficient (Wildman–Crippen LogP) is 10.3. The topological polar surface area (TPSA) is 44.8 Å². The van der Waals surface area contributed by atoms with Crippen LogP contribution in [0.2, 0.25) is 36.3 Å². The Morgan fingerprint density at radius 1 is 0.905 bits per heavy atom. The molecule has 1 aliphatic rings. The average Bonchev–Trinajstić information content (AvgIpc) is 3.18. The Labute approximate surface area is 261 Å². The second-order valence-corrected chi connectivity index (χ2v) is 25.0. The molecule has 42 heavy (non-hydrogen) atoms. The molecule has 0 spiro atoms. The molecule has 0 saturated heterocycles. The van der Waals surface area contributed by atoms with Crippen LogP contribution in [0.3, 0.4) is 0 Å². The first kappa shape index (κ1) is 36.7. The first-order valence-corrected chi connectivity index (χ1v) is 22.0. The van der Waals surface area contributed by atoms with Gasteiger partial charge in [-0.25, -0.2) is 0 Å². The molecule has 1 fully saturated rings. The average molecular weight is 615 g/mol. The smallest absolute Gasteiger partial charge is 0.306 e. The van der Waals surface area contributed by atoms with E-state index in [2.05, 4.69) is 111 Å². The molecule has 4 nitrogen and oxygen atoms in total. The van der Waals surface area contributed by atoms with E-state index in [1.807, 2.05) is 6.08 Å². The van der Waals surface area contributed by atoms with E-state index in [1.165, 1.54) is 5.56 Å². The first-order valence-electron chi connectivity index (χ1n) is 16.2. The summed E-state index contributed by atoms with van der Waals surface area (Å²) in [5.74, 6) is 0.354. The Bertz CT molecular complexity index is 990. The molecule has 0 radical (unpaired) electrons. The van der Waals surface area contributed by atoms with Crippen LogP contribution in [0.1, 0.15) is 92.1 Å². The second kappa shape index (κ2) is 15.5. The predicted molar refractivity (Wildman–Crippen MR) is 184 cm³/mol. The molecule has 0 amide bonds. The van der Waals surface area contributed by atoms with Crippen molar-refractivity contribution < 1.29 is 18.4 Å². The number of carbonyl (C=O) groups is 1. The highest BCUT2D eigenvalue weighted by Crippen LogP contribution is 2.47. The lowest BCUT2D eigenvalue weighted by molar-refractivity contribution is -0.151. The highest BCUT2D eigenvalue weighted by atomic mass is 28.4. The third-order valence-corrected chi connectivity index (χ3v) is 19.2. The molecule has 1 unspecified atom stereocenters. The summed E-state index contributed by atoms with van der Waals surface area (Å²) in [6.07, 6.45) is 10.4. The largest absolute Gasteiger partial charge is 0.462 e. The third kappa shape index (κ3) is 10.6. The monoisotopic (exact) mass is 614 g/mol. The van der Waals surface area contributed by atoms with Crippen LogP contribution in [0, 0.1) is 11.8 Å². The fourth-order valence-electron chi connectivity index (χ4n) is 5.53. The summed E-state index contributed by atoms with van der Waals surface area (Å²) in [6.45, 7) is 31.1. The summed E-state index contributed by atoms with van der Waals surface area (Å²) in [5, 5.41) is 0.253. The van der Waals surface area contributed by atoms with Gasteiger partial charge < -0.3 is 13.6 Å². The first-order chi connectivity index (χ1) is 19.4. The van der Waals surface area contributed by atoms with Crippen LogP contribution in [0.5, 0.6) is 0 Å². The van der Waals surface area contributed by atoms with Crippen LogP contribution in [0.4, 0.5) is 0 Å². The van der Waals surface area contributed by atoms with Gasteiger partial charge in [-0.1, -0.05) is 84.0 Å². The zero-order valence-electron chi connectivity index (χ0n) is 28.6. The minimum absolute atomic E-state index is 0.0655. The highest BCUT2D eigenvalue weighted by molar-refractivity contribution is 6.74. The lowest BCUT2D eigenvalue weighted by Crippen LogP contribution is -2.45. The van der Waals surface area contributed by atoms with Crippen molar-refractivity contribution in [3.05, 3.63) is 61.2 Å². The number of allylic oxidation sites excluding steroid dienone is 2. The van der Waals surface area contributed by atoms with Crippen LogP contribution in [-0.4, -0.2) is 40.9 Å². The van der Waals surface area contributed by atoms with E-state index < -0.39 is 16.6 Å². The van der Waals surface area contributed by atoms with Crippen molar-refractivity contribution in [1.82, 2.24) is 0 Å². The molecule has 1 aromatic rings. The SMILES string of the molecule is C=CCCC(=O)O[C@H]1CC(O[Si](C)(C)C(C)(C)C)[C@H](CC[C@H](CCc2ccccc2)O[Si](C)(C)C(C)(C)C)[C@H]1CC=C. The van der Waals surface area contributed by atoms with Gasteiger partial charge in [-0.15, -0.1) is 13.2 Å². The Balaban J connectivity index is 2.34. The molecule has 0 bridgehead atoms. The number of hydrogen-bond donors (Lipinski definition) is 0. The molecular weight excluding hydrogens is 553 g/mol. The molecule has 5 atom stereocenters. The molecule has 0 N–H and O–H groups in total. The molecule has 1 aliphatic carbocycles. The summed E-state index contributed by atoms with van der Waals surface area (Å²) in [5.41, 5.74) is 1.36. The Morgan fingerprint density at radius 3 is 2.07 bits per heavy atom. The van der Waals surface area contributed by atoms with Crippen molar-refractivity contribution in [2.45, 2.75) is 147 Å². The van der Waals surface area contributed by atoms with Crippen molar-refractivity contribution in [3.63, 3.8) is 0 Å². The maximum Gasteiger partial charge on any atom is 0.306 e. The minimum atomic E-state index is -2.04. The fraction of sp³-hybridized carbons (Fsp3) is 0.694. The van der Waals surface area contributed by atoms with Crippen molar-refractivity contribution in [1.29, 1.82) is 0 Å². The molecule has 0 aliphatic heterocycles. The number of rotatable bonds is 16. The van der Waals surface area contributed by atoms with Gasteiger partial charge in [-0.05, 0) is 86.3 Å². The van der Waals surface area contributed by atoms with E-state index in [-0.39, 0.29) is 46.2 Å². The van der Waals surface area contributed by atoms with E-state index >= 15 is 0 Å². The zero-order valence-corrected chi connectivity index (χ0v) is 30.6. The summed E-state index contributed by atoms with van der Waals surface area (Å²) in [4.78, 5) is 12.8. The lowest BCUT2D eigenvalue weighted by Gasteiger charge is -2.41. The van der Waals surface area contributed by atoms with Gasteiger partial charge in [0.25, 0.3) is 0 Å². The summed E-state index contributed by atoms with van der Waals surface area (Å²) in [6, 6.07) is 10.8. The van der Waals surface area contributed by atoms with Gasteiger partial charge in [-0.3, -0.25) is 4.79 Å². The van der Waals surface area contributed by atoms with Crippen LogP contribution in [-0.2, 0) is 24.8 Å². The standard InChI is InChI=1S/C36H62O4Si2/c1-13-15-22-34(37)38-32-27-33(40-42(11,12)36(6,7)8)31(30(32)19-14-2)26-25-29(39-41(9,10)35(3,4)5)24-23-28-20-17-16-18-21-28/h13-14,16-18,20-21,29-33H,1-2,15,19,22-27H2,3-12H3/t29-,30+,31+,32-,33?/m0/s1. The zero-order chi connectivity index (χ0) is 31.8. The number of esters is 1. The van der Waals surface area contributed by atoms with Gasteiger partial charge in [0.15, 0.2) is 16.6 Å². The number of aryl methyl sites for hydroxylation is 1. The number of hydrogen-bond acceptors (Lipinski definition) is 4. The van der Waals surface area contributed by atoms with E-state index in [4.69, 9.17) is 13.6 Å². The molecule has 1 saturated carbocycles. The van der Waals surface area contributed by atoms with Gasteiger partial charge in [0.05, 0.1) is 6.10 Å². The van der Waals surface area contributed by atoms with Crippen molar-refractivity contribution in [2.75, 3.05) is 0 Å². The van der Waals surface area contributed by atoms with Crippen molar-refractivity contribution >= 4 is 22.6 Å². The summed E-state index contributed by atoms with van der Waals surface area (Å²) >= 11 is 0. The Morgan fingerprint density at radius 2 is 1.52 bits per heavy atom. The molecule has 2 rings (SSSR count). The second-order valence-electron chi connectivity index (χ2n) is 15.5. The molecule has 0 aromatic heterocycles. The van der Waals surface area contributed by atoms with Crippen molar-refractivity contribution in [3.8, 4) is 0 Å². The van der Waals surface area contributed by atoms with E-state index in [0.717, 1.165) is 38.5 Å². The summed E-state index contributed by atoms with van der Waals surface area (Å²) in [7, 11) is -4.00. The number of benzene rings is 1. The Kier molecular flexibility index (Phi) is 13.5. The number of carbonyl (C=O) groups excluding carboxylic acids is 1. The maximum atomic E-state index is 12.8. The highest BCUT2D eigenvalue weighted by Gasteiger charge is 2.49. The van der Waals surface area contributed by atoms with Crippen LogP contribution in [0.25, 0.3) is 0 Å².